The fraction of sp³-hybridized carbons (Fsp3) is 0.316. The molecule has 1 aromatic heterocycles. The molecule has 0 spiro atoms. The average molecular weight is 665 g/mol. The van der Waals surface area contributed by atoms with Gasteiger partial charge in [0.2, 0.25) is 5.91 Å². The number of rotatable bonds is 12. The Bertz CT molecular complexity index is 1700. The van der Waals surface area contributed by atoms with E-state index >= 15 is 0 Å². The van der Waals surface area contributed by atoms with Crippen LogP contribution in [0.1, 0.15) is 53.2 Å². The number of aliphatic hydroxyl groups excluding tert-OH is 1. The molecule has 49 heavy (non-hydrogen) atoms. The Morgan fingerprint density at radius 3 is 2.39 bits per heavy atom. The minimum Gasteiger partial charge on any atom is -0.445 e. The third kappa shape index (κ3) is 8.76. The van der Waals surface area contributed by atoms with Gasteiger partial charge in [0.1, 0.15) is 12.6 Å². The van der Waals surface area contributed by atoms with Crippen LogP contribution in [0.5, 0.6) is 0 Å². The molecule has 6 rings (SSSR count). The SMILES string of the molecule is CN(CCc1ccccn1)C[C@H]1C[C@@H](c2ccc(CO)cc2)O[C@@H](c2ccc(N3C(=O)CC(NC(=O)OCc4ccccc4)C3=O)cc2)O1. The highest BCUT2D eigenvalue weighted by atomic mass is 16.7. The number of pyridine rings is 1. The molecule has 2 fully saturated rings. The number of carbonyl (C=O) groups excluding carboxylic acids is 3. The van der Waals surface area contributed by atoms with E-state index in [0.29, 0.717) is 18.7 Å². The highest BCUT2D eigenvalue weighted by Gasteiger charge is 2.41. The van der Waals surface area contributed by atoms with Gasteiger partial charge in [-0.3, -0.25) is 14.6 Å². The number of alkyl carbamates (subject to hydrolysis) is 1. The first kappa shape index (κ1) is 33.9. The Labute approximate surface area is 285 Å². The molecule has 3 aromatic carbocycles. The zero-order chi connectivity index (χ0) is 34.2. The van der Waals surface area contributed by atoms with Crippen LogP contribution in [0.15, 0.2) is 103 Å². The van der Waals surface area contributed by atoms with Crippen LogP contribution in [0.3, 0.4) is 0 Å². The molecule has 11 nitrogen and oxygen atoms in total. The molecule has 254 valence electrons. The lowest BCUT2D eigenvalue weighted by Gasteiger charge is -2.38. The number of amides is 3. The average Bonchev–Trinajstić information content (AvgIpc) is 3.42. The van der Waals surface area contributed by atoms with E-state index < -0.39 is 30.2 Å². The molecular formula is C38H40N4O7. The van der Waals surface area contributed by atoms with Crippen LogP contribution >= 0.6 is 0 Å². The van der Waals surface area contributed by atoms with Crippen LogP contribution in [0, 0.1) is 0 Å². The normalized spacial score (nSPS) is 20.8. The van der Waals surface area contributed by atoms with Crippen molar-refractivity contribution in [2.24, 2.45) is 0 Å². The number of hydrogen-bond acceptors (Lipinski definition) is 9. The van der Waals surface area contributed by atoms with Crippen molar-refractivity contribution in [1.29, 1.82) is 0 Å². The number of benzene rings is 3. The zero-order valence-corrected chi connectivity index (χ0v) is 27.3. The predicted octanol–water partition coefficient (Wildman–Crippen LogP) is 4.85. The smallest absolute Gasteiger partial charge is 0.408 e. The van der Waals surface area contributed by atoms with Crippen molar-refractivity contribution in [2.45, 2.75) is 57.0 Å². The predicted molar refractivity (Wildman–Crippen MR) is 181 cm³/mol. The van der Waals surface area contributed by atoms with Crippen LogP contribution in [-0.2, 0) is 43.4 Å². The van der Waals surface area contributed by atoms with Crippen LogP contribution in [0.2, 0.25) is 0 Å². The number of nitrogens with one attached hydrogen (secondary N) is 1. The number of aliphatic hydroxyl groups is 1. The van der Waals surface area contributed by atoms with Crippen molar-refractivity contribution in [3.05, 3.63) is 131 Å². The molecule has 3 heterocycles. The largest absolute Gasteiger partial charge is 0.445 e. The minimum atomic E-state index is -1.02. The maximum atomic E-state index is 13.2. The van der Waals surface area contributed by atoms with E-state index in [4.69, 9.17) is 14.2 Å². The third-order valence-corrected chi connectivity index (χ3v) is 8.68. The lowest BCUT2D eigenvalue weighted by molar-refractivity contribution is -0.252. The second kappa shape index (κ2) is 16.0. The van der Waals surface area contributed by atoms with Gasteiger partial charge in [-0.15, -0.1) is 0 Å². The number of nitrogens with zero attached hydrogens (tertiary/aromatic N) is 3. The molecule has 3 amide bonds. The first-order chi connectivity index (χ1) is 23.9. The molecule has 0 radical (unpaired) electrons. The zero-order valence-electron chi connectivity index (χ0n) is 27.3. The Hall–Kier alpha value is -4.94. The van der Waals surface area contributed by atoms with Gasteiger partial charge in [0, 0.05) is 43.4 Å². The van der Waals surface area contributed by atoms with Crippen molar-refractivity contribution in [3.8, 4) is 0 Å². The fourth-order valence-corrected chi connectivity index (χ4v) is 6.03. The fourth-order valence-electron chi connectivity index (χ4n) is 6.03. The molecule has 1 unspecified atom stereocenters. The standard InChI is InChI=1S/C38H40N4O7/c1-41(20-18-30-9-5-6-19-39-30)23-32-21-34(28-12-10-26(24-43)11-13-28)49-37(48-32)29-14-16-31(17-15-29)42-35(44)22-33(36(42)45)40-38(46)47-25-27-7-3-2-4-8-27/h2-17,19,32-34,37,43H,18,20-25H2,1H3,(H,40,46)/t32-,33?,34+,37+/m1/s1. The Balaban J connectivity index is 1.11. The summed E-state index contributed by atoms with van der Waals surface area (Å²) in [6, 6.07) is 28.7. The summed E-state index contributed by atoms with van der Waals surface area (Å²) in [5.41, 5.74) is 4.77. The number of carbonyl (C=O) groups is 3. The van der Waals surface area contributed by atoms with Crippen molar-refractivity contribution < 1.29 is 33.7 Å². The lowest BCUT2D eigenvalue weighted by Crippen LogP contribution is -2.42. The molecule has 2 saturated heterocycles. The summed E-state index contributed by atoms with van der Waals surface area (Å²) in [7, 11) is 2.06. The Kier molecular flexibility index (Phi) is 11.1. The van der Waals surface area contributed by atoms with Gasteiger partial charge < -0.3 is 29.5 Å². The maximum Gasteiger partial charge on any atom is 0.408 e. The maximum absolute atomic E-state index is 13.2. The summed E-state index contributed by atoms with van der Waals surface area (Å²) in [4.78, 5) is 46.2. The third-order valence-electron chi connectivity index (χ3n) is 8.68. The summed E-state index contributed by atoms with van der Waals surface area (Å²) in [6.07, 6.45) is 1.22. The summed E-state index contributed by atoms with van der Waals surface area (Å²) < 4.78 is 18.2. The van der Waals surface area contributed by atoms with E-state index in [0.717, 1.165) is 45.8 Å². The quantitative estimate of drug-likeness (QED) is 0.204. The van der Waals surface area contributed by atoms with Gasteiger partial charge in [0.25, 0.3) is 5.91 Å². The molecule has 2 aliphatic rings. The topological polar surface area (TPSA) is 131 Å². The summed E-state index contributed by atoms with van der Waals surface area (Å²) in [6.45, 7) is 1.50. The second-order valence-corrected chi connectivity index (χ2v) is 12.3. The van der Waals surface area contributed by atoms with E-state index in [9.17, 15) is 19.5 Å². The second-order valence-electron chi connectivity index (χ2n) is 12.3. The molecule has 11 heteroatoms. The molecular weight excluding hydrogens is 624 g/mol. The van der Waals surface area contributed by atoms with Crippen LogP contribution in [-0.4, -0.2) is 65.2 Å². The first-order valence-corrected chi connectivity index (χ1v) is 16.4. The number of ether oxygens (including phenoxy) is 3. The van der Waals surface area contributed by atoms with E-state index in [-0.39, 0.29) is 31.8 Å². The summed E-state index contributed by atoms with van der Waals surface area (Å²) >= 11 is 0. The lowest BCUT2D eigenvalue weighted by atomic mass is 9.99. The van der Waals surface area contributed by atoms with Crippen molar-refractivity contribution in [3.63, 3.8) is 0 Å². The van der Waals surface area contributed by atoms with E-state index in [1.165, 1.54) is 0 Å². The molecule has 0 saturated carbocycles. The van der Waals surface area contributed by atoms with Gasteiger partial charge in [-0.1, -0.05) is 72.8 Å². The van der Waals surface area contributed by atoms with Gasteiger partial charge >= 0.3 is 6.09 Å². The van der Waals surface area contributed by atoms with Gasteiger partial charge in [-0.05, 0) is 48.0 Å². The number of hydrogen-bond donors (Lipinski definition) is 2. The number of anilines is 1. The van der Waals surface area contributed by atoms with Crippen LogP contribution in [0.4, 0.5) is 10.5 Å². The van der Waals surface area contributed by atoms with Gasteiger partial charge in [0.15, 0.2) is 6.29 Å². The summed E-state index contributed by atoms with van der Waals surface area (Å²) in [5, 5.41) is 12.0. The van der Waals surface area contributed by atoms with E-state index in [1.54, 1.807) is 30.5 Å². The molecule has 2 N–H and O–H groups in total. The Morgan fingerprint density at radius 1 is 0.939 bits per heavy atom. The van der Waals surface area contributed by atoms with Gasteiger partial charge in [-0.25, -0.2) is 9.69 Å². The monoisotopic (exact) mass is 664 g/mol. The van der Waals surface area contributed by atoms with E-state index in [1.807, 2.05) is 72.8 Å². The number of likely N-dealkylation sites (N-methyl/N-ethyl adjacent to an activating group) is 1. The van der Waals surface area contributed by atoms with Crippen molar-refractivity contribution >= 4 is 23.6 Å². The number of imide groups is 1. The Morgan fingerprint density at radius 2 is 1.67 bits per heavy atom. The van der Waals surface area contributed by atoms with E-state index in [2.05, 4.69) is 22.2 Å². The van der Waals surface area contributed by atoms with Crippen LogP contribution in [0.25, 0.3) is 0 Å². The first-order valence-electron chi connectivity index (χ1n) is 16.4. The van der Waals surface area contributed by atoms with Gasteiger partial charge in [-0.2, -0.15) is 0 Å². The molecule has 4 aromatic rings. The molecule has 2 aliphatic heterocycles. The highest BCUT2D eigenvalue weighted by Crippen LogP contribution is 2.38. The van der Waals surface area contributed by atoms with Crippen LogP contribution < -0.4 is 10.2 Å². The molecule has 4 atom stereocenters. The summed E-state index contributed by atoms with van der Waals surface area (Å²) in [5.74, 6) is -0.948. The van der Waals surface area contributed by atoms with Gasteiger partial charge in [0.05, 0.1) is 30.9 Å². The molecule has 0 bridgehead atoms. The molecule has 0 aliphatic carbocycles. The number of aromatic nitrogens is 1. The van der Waals surface area contributed by atoms with Crippen molar-refractivity contribution in [2.75, 3.05) is 25.0 Å². The minimum absolute atomic E-state index is 0.0369. The highest BCUT2D eigenvalue weighted by molar-refractivity contribution is 6.22. The van der Waals surface area contributed by atoms with Crippen molar-refractivity contribution in [1.82, 2.24) is 15.2 Å².